The van der Waals surface area contributed by atoms with Crippen molar-refractivity contribution in [2.45, 2.75) is 26.2 Å². The molecule has 0 aliphatic heterocycles. The van der Waals surface area contributed by atoms with Gasteiger partial charge in [0.05, 0.1) is 0 Å². The molecule has 0 unspecified atom stereocenters. The zero-order valence-corrected chi connectivity index (χ0v) is 10.4. The van der Waals surface area contributed by atoms with E-state index in [0.29, 0.717) is 0 Å². The SMILES string of the molecule is [CH2-]c1cccc(CCCC)c1.[Cl-].[Mg+2]. The van der Waals surface area contributed by atoms with Crippen molar-refractivity contribution in [2.75, 3.05) is 0 Å². The predicted molar refractivity (Wildman–Crippen MR) is 55.3 cm³/mol. The first-order valence-corrected chi connectivity index (χ1v) is 4.24. The number of hydrogen-bond donors (Lipinski definition) is 0. The maximum absolute atomic E-state index is 3.89. The Morgan fingerprint density at radius 3 is 2.54 bits per heavy atom. The van der Waals surface area contributed by atoms with Gasteiger partial charge in [-0.2, -0.15) is 24.6 Å². The van der Waals surface area contributed by atoms with E-state index in [1.165, 1.54) is 24.8 Å². The molecule has 0 spiro atoms. The monoisotopic (exact) mass is 206 g/mol. The normalized spacial score (nSPS) is 8.38. The van der Waals surface area contributed by atoms with Crippen LogP contribution >= 0.6 is 0 Å². The molecule has 0 atom stereocenters. The van der Waals surface area contributed by atoms with Crippen LogP contribution in [0.5, 0.6) is 0 Å². The van der Waals surface area contributed by atoms with E-state index < -0.39 is 0 Å². The van der Waals surface area contributed by atoms with Crippen molar-refractivity contribution in [3.05, 3.63) is 42.3 Å². The largest absolute Gasteiger partial charge is 2.00 e. The zero-order valence-electron chi connectivity index (χ0n) is 8.22. The minimum Gasteiger partial charge on any atom is -1.00 e. The van der Waals surface area contributed by atoms with Crippen LogP contribution in [0, 0.1) is 6.92 Å². The van der Waals surface area contributed by atoms with Crippen molar-refractivity contribution >= 4 is 23.1 Å². The second-order valence-corrected chi connectivity index (χ2v) is 2.92. The third kappa shape index (κ3) is 6.25. The molecule has 68 valence electrons. The molecular weight excluding hydrogens is 192 g/mol. The number of benzene rings is 1. The Balaban J connectivity index is 0. The molecule has 1 aromatic rings. The van der Waals surface area contributed by atoms with Gasteiger partial charge in [0, 0.05) is 0 Å². The second-order valence-electron chi connectivity index (χ2n) is 2.92. The molecule has 1 aromatic carbocycles. The molecule has 0 radical (unpaired) electrons. The topological polar surface area (TPSA) is 0 Å². The van der Waals surface area contributed by atoms with Gasteiger partial charge in [0.15, 0.2) is 0 Å². The van der Waals surface area contributed by atoms with Crippen LogP contribution in [0.25, 0.3) is 0 Å². The van der Waals surface area contributed by atoms with Crippen molar-refractivity contribution < 1.29 is 12.4 Å². The third-order valence-electron chi connectivity index (χ3n) is 1.81. The summed E-state index contributed by atoms with van der Waals surface area (Å²) in [5, 5.41) is 0. The van der Waals surface area contributed by atoms with Gasteiger partial charge in [0.1, 0.15) is 0 Å². The summed E-state index contributed by atoms with van der Waals surface area (Å²) in [6, 6.07) is 8.45. The maximum atomic E-state index is 3.89. The van der Waals surface area contributed by atoms with Gasteiger partial charge in [0.2, 0.25) is 0 Å². The molecule has 0 N–H and O–H groups in total. The molecule has 0 aromatic heterocycles. The van der Waals surface area contributed by atoms with E-state index in [2.05, 4.69) is 32.0 Å². The summed E-state index contributed by atoms with van der Waals surface area (Å²) in [7, 11) is 0. The van der Waals surface area contributed by atoms with E-state index in [4.69, 9.17) is 0 Å². The Hall–Kier alpha value is 0.146. The van der Waals surface area contributed by atoms with E-state index in [9.17, 15) is 0 Å². The summed E-state index contributed by atoms with van der Waals surface area (Å²) < 4.78 is 0. The Bertz CT molecular complexity index is 223. The standard InChI is InChI=1S/C11H15.ClH.Mg/c1-3-4-7-11-8-5-6-10(2)9-11;;/h5-6,8-9H,2-4,7H2,1H3;1H;/q-1;;+2/p-1. The Morgan fingerprint density at radius 2 is 2.00 bits per heavy atom. The van der Waals surface area contributed by atoms with E-state index >= 15 is 0 Å². The molecule has 0 saturated heterocycles. The number of halogens is 1. The average Bonchev–Trinajstić information content (AvgIpc) is 2.01. The first kappa shape index (κ1) is 15.6. The van der Waals surface area contributed by atoms with Crippen molar-refractivity contribution in [3.63, 3.8) is 0 Å². The molecule has 0 bridgehead atoms. The summed E-state index contributed by atoms with van der Waals surface area (Å²) in [5.41, 5.74) is 2.54. The maximum Gasteiger partial charge on any atom is 2.00 e. The van der Waals surface area contributed by atoms with Gasteiger partial charge >= 0.3 is 23.1 Å². The van der Waals surface area contributed by atoms with Gasteiger partial charge < -0.3 is 12.4 Å². The van der Waals surface area contributed by atoms with E-state index in [-0.39, 0.29) is 35.5 Å². The van der Waals surface area contributed by atoms with Crippen LogP contribution in [-0.2, 0) is 6.42 Å². The van der Waals surface area contributed by atoms with Gasteiger partial charge in [0.25, 0.3) is 0 Å². The van der Waals surface area contributed by atoms with Crippen LogP contribution in [-0.4, -0.2) is 23.1 Å². The Kier molecular flexibility index (Phi) is 10.5. The van der Waals surface area contributed by atoms with Gasteiger partial charge in [-0.15, -0.1) is 11.6 Å². The fraction of sp³-hybridized carbons (Fsp3) is 0.364. The van der Waals surface area contributed by atoms with Crippen LogP contribution in [0.1, 0.15) is 30.9 Å². The van der Waals surface area contributed by atoms with Crippen LogP contribution in [0.3, 0.4) is 0 Å². The minimum absolute atomic E-state index is 0. The molecule has 0 heterocycles. The molecule has 13 heavy (non-hydrogen) atoms. The molecule has 0 aliphatic rings. The molecule has 0 fully saturated rings. The molecule has 0 saturated carbocycles. The van der Waals surface area contributed by atoms with E-state index in [0.717, 1.165) is 5.56 Å². The second kappa shape index (κ2) is 8.73. The molecule has 2 heteroatoms. The first-order valence-electron chi connectivity index (χ1n) is 4.24. The molecule has 0 aliphatic carbocycles. The van der Waals surface area contributed by atoms with E-state index in [1.807, 2.05) is 6.07 Å². The number of rotatable bonds is 3. The van der Waals surface area contributed by atoms with Crippen LogP contribution < -0.4 is 12.4 Å². The molecule has 0 amide bonds. The van der Waals surface area contributed by atoms with Gasteiger partial charge in [-0.3, -0.25) is 0 Å². The van der Waals surface area contributed by atoms with Crippen LogP contribution in [0.4, 0.5) is 0 Å². The summed E-state index contributed by atoms with van der Waals surface area (Å²) in [6.45, 7) is 6.11. The molecule has 1 rings (SSSR count). The summed E-state index contributed by atoms with van der Waals surface area (Å²) in [4.78, 5) is 0. The number of aryl methyl sites for hydroxylation is 1. The average molecular weight is 207 g/mol. The van der Waals surface area contributed by atoms with Gasteiger partial charge in [-0.1, -0.05) is 25.8 Å². The van der Waals surface area contributed by atoms with Gasteiger partial charge in [-0.25, -0.2) is 0 Å². The minimum atomic E-state index is 0. The fourth-order valence-electron chi connectivity index (χ4n) is 1.17. The Labute approximate surface area is 104 Å². The van der Waals surface area contributed by atoms with Crippen LogP contribution in [0.15, 0.2) is 24.3 Å². The number of hydrogen-bond acceptors (Lipinski definition) is 0. The quantitative estimate of drug-likeness (QED) is 0.477. The van der Waals surface area contributed by atoms with Crippen molar-refractivity contribution in [1.29, 1.82) is 0 Å². The summed E-state index contributed by atoms with van der Waals surface area (Å²) >= 11 is 0. The third-order valence-corrected chi connectivity index (χ3v) is 1.81. The first-order chi connectivity index (χ1) is 5.33. The smallest absolute Gasteiger partial charge is 1.00 e. The Morgan fingerprint density at radius 1 is 1.31 bits per heavy atom. The number of unbranched alkanes of at least 4 members (excludes halogenated alkanes) is 1. The summed E-state index contributed by atoms with van der Waals surface area (Å²) in [6.07, 6.45) is 3.74. The van der Waals surface area contributed by atoms with E-state index in [1.54, 1.807) is 0 Å². The molecule has 0 nitrogen and oxygen atoms in total. The van der Waals surface area contributed by atoms with Crippen LogP contribution in [0.2, 0.25) is 0 Å². The fourth-order valence-corrected chi connectivity index (χ4v) is 1.17. The van der Waals surface area contributed by atoms with Crippen molar-refractivity contribution in [2.24, 2.45) is 0 Å². The van der Waals surface area contributed by atoms with Gasteiger partial charge in [-0.05, 0) is 6.42 Å². The van der Waals surface area contributed by atoms with Crippen molar-refractivity contribution in [3.8, 4) is 0 Å². The predicted octanol–water partition coefficient (Wildman–Crippen LogP) is -0.165. The zero-order chi connectivity index (χ0) is 8.10. The molecular formula is C11H15ClMg. The summed E-state index contributed by atoms with van der Waals surface area (Å²) in [5.74, 6) is 0. The van der Waals surface area contributed by atoms with Crippen molar-refractivity contribution in [1.82, 2.24) is 0 Å².